The first kappa shape index (κ1) is 18.0. The quantitative estimate of drug-likeness (QED) is 0.470. The second kappa shape index (κ2) is 6.77. The summed E-state index contributed by atoms with van der Waals surface area (Å²) in [4.78, 5) is 22.2. The SMILES string of the molecule is Cc1cccc(C2C(c3ccc(O)cc3)=C(O)C(=O)N2c2ccc3nc[nH]c3c2)c1. The fourth-order valence-electron chi connectivity index (χ4n) is 4.04. The molecule has 3 aromatic carbocycles. The average Bonchev–Trinajstić information content (AvgIpc) is 3.31. The lowest BCUT2D eigenvalue weighted by atomic mass is 9.92. The molecule has 0 radical (unpaired) electrons. The Morgan fingerprint density at radius 3 is 2.57 bits per heavy atom. The number of benzene rings is 3. The van der Waals surface area contributed by atoms with Gasteiger partial charge in [-0.2, -0.15) is 0 Å². The van der Waals surface area contributed by atoms with E-state index in [0.717, 1.165) is 22.2 Å². The number of hydrogen-bond donors (Lipinski definition) is 3. The molecule has 2 heterocycles. The predicted molar refractivity (Wildman–Crippen MR) is 115 cm³/mol. The minimum Gasteiger partial charge on any atom is -0.508 e. The van der Waals surface area contributed by atoms with Crippen LogP contribution in [0.4, 0.5) is 5.69 Å². The standard InChI is InChI=1S/C24H19N3O3/c1-14-3-2-4-16(11-14)22-21(15-5-8-18(28)9-6-15)23(29)24(30)27(22)17-7-10-19-20(12-17)26-13-25-19/h2-13,22,28-29H,1H3,(H,25,26). The molecule has 0 bridgehead atoms. The van der Waals surface area contributed by atoms with Gasteiger partial charge < -0.3 is 15.2 Å². The molecule has 0 spiro atoms. The highest BCUT2D eigenvalue weighted by Gasteiger charge is 2.42. The molecule has 1 aromatic heterocycles. The lowest BCUT2D eigenvalue weighted by Gasteiger charge is -2.27. The Labute approximate surface area is 172 Å². The molecule has 6 heteroatoms. The van der Waals surface area contributed by atoms with E-state index < -0.39 is 11.9 Å². The van der Waals surface area contributed by atoms with E-state index in [-0.39, 0.29) is 11.5 Å². The van der Waals surface area contributed by atoms with E-state index in [4.69, 9.17) is 0 Å². The zero-order chi connectivity index (χ0) is 20.8. The van der Waals surface area contributed by atoms with Crippen molar-refractivity contribution in [2.24, 2.45) is 0 Å². The maximum absolute atomic E-state index is 13.2. The molecule has 0 saturated heterocycles. The van der Waals surface area contributed by atoms with E-state index in [1.807, 2.05) is 49.4 Å². The number of H-pyrrole nitrogens is 1. The topological polar surface area (TPSA) is 89.4 Å². The number of rotatable bonds is 3. The van der Waals surface area contributed by atoms with Gasteiger partial charge in [-0.3, -0.25) is 9.69 Å². The Morgan fingerprint density at radius 1 is 1.00 bits per heavy atom. The lowest BCUT2D eigenvalue weighted by molar-refractivity contribution is -0.117. The van der Waals surface area contributed by atoms with E-state index in [0.29, 0.717) is 16.8 Å². The van der Waals surface area contributed by atoms with Crippen LogP contribution < -0.4 is 4.90 Å². The number of aromatic hydroxyl groups is 1. The monoisotopic (exact) mass is 397 g/mol. The van der Waals surface area contributed by atoms with Crippen LogP contribution >= 0.6 is 0 Å². The summed E-state index contributed by atoms with van der Waals surface area (Å²) < 4.78 is 0. The summed E-state index contributed by atoms with van der Waals surface area (Å²) >= 11 is 0. The number of aromatic nitrogens is 2. The van der Waals surface area contributed by atoms with Crippen molar-refractivity contribution in [1.29, 1.82) is 0 Å². The van der Waals surface area contributed by atoms with Gasteiger partial charge in [-0.1, -0.05) is 42.0 Å². The van der Waals surface area contributed by atoms with Gasteiger partial charge in [-0.05, 0) is 48.4 Å². The van der Waals surface area contributed by atoms with Crippen molar-refractivity contribution < 1.29 is 15.0 Å². The Hall–Kier alpha value is -4.06. The largest absolute Gasteiger partial charge is 0.508 e. The molecule has 6 nitrogen and oxygen atoms in total. The third-order valence-corrected chi connectivity index (χ3v) is 5.43. The third kappa shape index (κ3) is 2.81. The number of aliphatic hydroxyl groups excluding tert-OH is 1. The van der Waals surface area contributed by atoms with Crippen molar-refractivity contribution in [2.45, 2.75) is 13.0 Å². The van der Waals surface area contributed by atoms with Crippen LogP contribution in [-0.4, -0.2) is 26.1 Å². The van der Waals surface area contributed by atoms with Gasteiger partial charge in [0.1, 0.15) is 5.75 Å². The molecule has 4 aromatic rings. The van der Waals surface area contributed by atoms with Crippen LogP contribution in [0.15, 0.2) is 78.8 Å². The number of nitrogens with zero attached hydrogens (tertiary/aromatic N) is 2. The Balaban J connectivity index is 1.71. The van der Waals surface area contributed by atoms with E-state index in [1.165, 1.54) is 0 Å². The van der Waals surface area contributed by atoms with Gasteiger partial charge in [0.2, 0.25) is 0 Å². The lowest BCUT2D eigenvalue weighted by Crippen LogP contribution is -2.30. The molecule has 1 unspecified atom stereocenters. The number of aryl methyl sites for hydroxylation is 1. The van der Waals surface area contributed by atoms with Crippen LogP contribution in [0.2, 0.25) is 0 Å². The molecule has 1 aliphatic rings. The maximum Gasteiger partial charge on any atom is 0.294 e. The third-order valence-electron chi connectivity index (χ3n) is 5.43. The van der Waals surface area contributed by atoms with Gasteiger partial charge in [0.25, 0.3) is 5.91 Å². The van der Waals surface area contributed by atoms with Crippen molar-refractivity contribution in [3.05, 3.63) is 95.5 Å². The van der Waals surface area contributed by atoms with Crippen LogP contribution in [0, 0.1) is 6.92 Å². The number of fused-ring (bicyclic) bond motifs is 1. The summed E-state index contributed by atoms with van der Waals surface area (Å²) in [5, 5.41) is 20.6. The van der Waals surface area contributed by atoms with Crippen molar-refractivity contribution >= 4 is 28.2 Å². The number of aromatic amines is 1. The van der Waals surface area contributed by atoms with Gasteiger partial charge in [0.15, 0.2) is 5.76 Å². The number of aliphatic hydroxyl groups is 1. The average molecular weight is 397 g/mol. The molecule has 0 fully saturated rings. The molecule has 5 rings (SSSR count). The maximum atomic E-state index is 13.2. The molecule has 1 amide bonds. The number of carbonyl (C=O) groups excluding carboxylic acids is 1. The summed E-state index contributed by atoms with van der Waals surface area (Å²) in [6.45, 7) is 1.99. The Morgan fingerprint density at radius 2 is 1.80 bits per heavy atom. The number of hydrogen-bond acceptors (Lipinski definition) is 4. The molecule has 1 atom stereocenters. The first-order valence-corrected chi connectivity index (χ1v) is 9.59. The first-order chi connectivity index (χ1) is 14.5. The van der Waals surface area contributed by atoms with Gasteiger partial charge in [-0.25, -0.2) is 4.98 Å². The normalized spacial score (nSPS) is 16.6. The van der Waals surface area contributed by atoms with Gasteiger partial charge in [-0.15, -0.1) is 0 Å². The second-order valence-corrected chi connectivity index (χ2v) is 7.40. The number of anilines is 1. The summed E-state index contributed by atoms with van der Waals surface area (Å²) in [7, 11) is 0. The van der Waals surface area contributed by atoms with Crippen LogP contribution in [0.1, 0.15) is 22.7 Å². The van der Waals surface area contributed by atoms with Gasteiger partial charge in [0, 0.05) is 11.3 Å². The highest BCUT2D eigenvalue weighted by Crippen LogP contribution is 2.45. The summed E-state index contributed by atoms with van der Waals surface area (Å²) in [5.74, 6) is -0.642. The molecule has 1 aliphatic heterocycles. The van der Waals surface area contributed by atoms with E-state index in [2.05, 4.69) is 9.97 Å². The summed E-state index contributed by atoms with van der Waals surface area (Å²) in [6, 6.07) is 19.4. The predicted octanol–water partition coefficient (Wildman–Crippen LogP) is 4.63. The zero-order valence-corrected chi connectivity index (χ0v) is 16.2. The summed E-state index contributed by atoms with van der Waals surface area (Å²) in [5.41, 5.74) is 5.39. The minimum absolute atomic E-state index is 0.122. The number of nitrogens with one attached hydrogen (secondary N) is 1. The number of phenolic OH excluding ortho intramolecular Hbond substituents is 1. The minimum atomic E-state index is -0.512. The smallest absolute Gasteiger partial charge is 0.294 e. The molecular weight excluding hydrogens is 378 g/mol. The fourth-order valence-corrected chi connectivity index (χ4v) is 4.04. The van der Waals surface area contributed by atoms with Crippen molar-refractivity contribution in [1.82, 2.24) is 9.97 Å². The molecule has 30 heavy (non-hydrogen) atoms. The number of phenols is 1. The second-order valence-electron chi connectivity index (χ2n) is 7.40. The Kier molecular flexibility index (Phi) is 4.06. The number of amides is 1. The zero-order valence-electron chi connectivity index (χ0n) is 16.2. The van der Waals surface area contributed by atoms with Crippen molar-refractivity contribution in [3.8, 4) is 5.75 Å². The molecule has 3 N–H and O–H groups in total. The molecule has 0 aliphatic carbocycles. The number of imidazole rings is 1. The van der Waals surface area contributed by atoms with Crippen LogP contribution in [0.3, 0.4) is 0 Å². The van der Waals surface area contributed by atoms with Crippen molar-refractivity contribution in [3.63, 3.8) is 0 Å². The highest BCUT2D eigenvalue weighted by molar-refractivity contribution is 6.16. The van der Waals surface area contributed by atoms with Crippen LogP contribution in [0.25, 0.3) is 16.6 Å². The Bertz CT molecular complexity index is 1300. The molecule has 0 saturated carbocycles. The van der Waals surface area contributed by atoms with Crippen LogP contribution in [0.5, 0.6) is 5.75 Å². The summed E-state index contributed by atoms with van der Waals surface area (Å²) in [6.07, 6.45) is 1.61. The number of carbonyl (C=O) groups is 1. The first-order valence-electron chi connectivity index (χ1n) is 9.59. The van der Waals surface area contributed by atoms with Gasteiger partial charge in [0.05, 0.1) is 23.4 Å². The van der Waals surface area contributed by atoms with Crippen molar-refractivity contribution in [2.75, 3.05) is 4.90 Å². The van der Waals surface area contributed by atoms with Crippen LogP contribution in [-0.2, 0) is 4.79 Å². The molecule has 148 valence electrons. The highest BCUT2D eigenvalue weighted by atomic mass is 16.3. The molecular formula is C24H19N3O3. The fraction of sp³-hybridized carbons (Fsp3) is 0.0833. The van der Waals surface area contributed by atoms with E-state index in [9.17, 15) is 15.0 Å². The van der Waals surface area contributed by atoms with Gasteiger partial charge >= 0.3 is 0 Å². The van der Waals surface area contributed by atoms with E-state index in [1.54, 1.807) is 35.5 Å². The van der Waals surface area contributed by atoms with E-state index >= 15 is 0 Å².